The molecule has 0 spiro atoms. The number of nitrogens with zero attached hydrogens (tertiary/aromatic N) is 1. The molecule has 0 amide bonds. The number of nitrogens with one attached hydrogen (secondary N) is 2. The Labute approximate surface area is 160 Å². The summed E-state index contributed by atoms with van der Waals surface area (Å²) in [4.78, 5) is 18.7. The van der Waals surface area contributed by atoms with Gasteiger partial charge in [0.05, 0.1) is 0 Å². The third-order valence-electron chi connectivity index (χ3n) is 3.44. The van der Waals surface area contributed by atoms with Crippen molar-refractivity contribution in [1.82, 2.24) is 4.37 Å². The van der Waals surface area contributed by atoms with Crippen LogP contribution in [0.25, 0.3) is 0 Å². The van der Waals surface area contributed by atoms with Gasteiger partial charge < -0.3 is 11.1 Å². The molecule has 5 nitrogen and oxygen atoms in total. The molecular weight excluding hydrogens is 364 g/mol. The lowest BCUT2D eigenvalue weighted by molar-refractivity contribution is 0.834. The number of rotatable bonds is 6. The summed E-state index contributed by atoms with van der Waals surface area (Å²) in [7, 11) is 0. The molecule has 0 radical (unpaired) electrons. The van der Waals surface area contributed by atoms with Crippen molar-refractivity contribution in [2.45, 2.75) is 29.7 Å². The van der Waals surface area contributed by atoms with Gasteiger partial charge in [0, 0.05) is 21.5 Å². The Morgan fingerprint density at radius 3 is 2.42 bits per heavy atom. The van der Waals surface area contributed by atoms with Crippen molar-refractivity contribution in [2.24, 2.45) is 10.7 Å². The smallest absolute Gasteiger partial charge is 0.271 e. The molecule has 134 valence electrons. The fraction of sp³-hybridized carbons (Fsp3) is 0.158. The van der Waals surface area contributed by atoms with Gasteiger partial charge in [-0.3, -0.25) is 14.2 Å². The second-order valence-corrected chi connectivity index (χ2v) is 7.87. The third kappa shape index (κ3) is 4.56. The summed E-state index contributed by atoms with van der Waals surface area (Å²) in [6, 6.07) is 18.3. The highest BCUT2D eigenvalue weighted by atomic mass is 32.2. The number of aromatic amines is 1. The van der Waals surface area contributed by atoms with Crippen LogP contribution in [0.3, 0.4) is 0 Å². The summed E-state index contributed by atoms with van der Waals surface area (Å²) in [5.41, 5.74) is 7.05. The van der Waals surface area contributed by atoms with Crippen LogP contribution in [0.1, 0.15) is 19.4 Å². The fourth-order valence-electron chi connectivity index (χ4n) is 2.33. The lowest BCUT2D eigenvalue weighted by atomic mass is 10.2. The van der Waals surface area contributed by atoms with E-state index in [1.807, 2.05) is 56.3 Å². The topological polar surface area (TPSA) is 83.3 Å². The van der Waals surface area contributed by atoms with Gasteiger partial charge in [-0.1, -0.05) is 30.0 Å². The van der Waals surface area contributed by atoms with Crippen LogP contribution in [-0.2, 0) is 0 Å². The Morgan fingerprint density at radius 2 is 1.77 bits per heavy atom. The molecule has 7 heteroatoms. The fourth-order valence-corrected chi connectivity index (χ4v) is 3.93. The Bertz CT molecular complexity index is 944. The minimum absolute atomic E-state index is 0.0245. The van der Waals surface area contributed by atoms with Gasteiger partial charge in [0.1, 0.15) is 16.4 Å². The first-order valence-corrected chi connectivity index (χ1v) is 9.81. The number of anilines is 2. The quantitative estimate of drug-likeness (QED) is 0.433. The number of hydrogen-bond acceptors (Lipinski definition) is 5. The standard InChI is InChI=1S/C19H20N4OS2/c1-12(2)21-17(20)16-18(24)23-26-19(16)22-13-8-10-15(11-9-13)25-14-6-4-3-5-7-14/h3-12,22H,1-2H3,(H2,20,21)(H,23,24). The molecule has 3 aromatic rings. The van der Waals surface area contributed by atoms with Gasteiger partial charge in [0.2, 0.25) is 0 Å². The molecule has 4 N–H and O–H groups in total. The van der Waals surface area contributed by atoms with Gasteiger partial charge >= 0.3 is 0 Å². The van der Waals surface area contributed by atoms with Crippen molar-refractivity contribution in [3.05, 3.63) is 70.5 Å². The molecule has 0 aliphatic rings. The molecular formula is C19H20N4OS2. The summed E-state index contributed by atoms with van der Waals surface area (Å²) >= 11 is 2.92. The predicted octanol–water partition coefficient (Wildman–Crippen LogP) is 4.44. The van der Waals surface area contributed by atoms with Crippen molar-refractivity contribution in [1.29, 1.82) is 0 Å². The Hall–Kier alpha value is -2.51. The van der Waals surface area contributed by atoms with Crippen LogP contribution in [0.2, 0.25) is 0 Å². The monoisotopic (exact) mass is 384 g/mol. The molecule has 0 unspecified atom stereocenters. The minimum atomic E-state index is -0.226. The first-order valence-electron chi connectivity index (χ1n) is 8.18. The molecule has 1 heterocycles. The van der Waals surface area contributed by atoms with E-state index in [0.29, 0.717) is 10.6 Å². The van der Waals surface area contributed by atoms with E-state index in [1.165, 1.54) is 16.4 Å². The number of aromatic nitrogens is 1. The van der Waals surface area contributed by atoms with E-state index in [-0.39, 0.29) is 17.4 Å². The molecule has 0 saturated carbocycles. The van der Waals surface area contributed by atoms with Gasteiger partial charge in [-0.05, 0) is 61.8 Å². The van der Waals surface area contributed by atoms with Crippen LogP contribution in [0.5, 0.6) is 0 Å². The highest BCUT2D eigenvalue weighted by Gasteiger charge is 2.15. The Kier molecular flexibility index (Phi) is 5.80. The number of H-pyrrole nitrogens is 1. The van der Waals surface area contributed by atoms with Crippen molar-refractivity contribution >= 4 is 39.8 Å². The largest absolute Gasteiger partial charge is 0.383 e. The van der Waals surface area contributed by atoms with Crippen molar-refractivity contribution in [2.75, 3.05) is 5.32 Å². The first kappa shape index (κ1) is 18.3. The second kappa shape index (κ2) is 8.25. The van der Waals surface area contributed by atoms with E-state index in [4.69, 9.17) is 5.73 Å². The second-order valence-electron chi connectivity index (χ2n) is 5.91. The van der Waals surface area contributed by atoms with Crippen LogP contribution in [0, 0.1) is 0 Å². The lowest BCUT2D eigenvalue weighted by Crippen LogP contribution is -2.23. The van der Waals surface area contributed by atoms with Gasteiger partial charge in [-0.2, -0.15) is 0 Å². The maximum Gasteiger partial charge on any atom is 0.271 e. The normalized spacial score (nSPS) is 11.7. The summed E-state index contributed by atoms with van der Waals surface area (Å²) < 4.78 is 2.71. The van der Waals surface area contributed by atoms with Gasteiger partial charge in [-0.25, -0.2) is 0 Å². The molecule has 0 saturated heterocycles. The summed E-state index contributed by atoms with van der Waals surface area (Å²) in [6.45, 7) is 3.84. The van der Waals surface area contributed by atoms with Crippen molar-refractivity contribution in [3.63, 3.8) is 0 Å². The summed E-state index contributed by atoms with van der Waals surface area (Å²) in [6.07, 6.45) is 0. The van der Waals surface area contributed by atoms with Crippen molar-refractivity contribution in [3.8, 4) is 0 Å². The average Bonchev–Trinajstić information content (AvgIpc) is 2.97. The summed E-state index contributed by atoms with van der Waals surface area (Å²) in [5.74, 6) is 0.251. The van der Waals surface area contributed by atoms with Crippen LogP contribution < -0.4 is 16.6 Å². The maximum absolute atomic E-state index is 12.1. The number of benzene rings is 2. The SMILES string of the molecule is CC(C)N=C(N)c1c(Nc2ccc(Sc3ccccc3)cc2)s[nH]c1=O. The number of nitrogens with two attached hydrogens (primary N) is 1. The van der Waals surface area contributed by atoms with Crippen LogP contribution in [0.15, 0.2) is 74.2 Å². The Balaban J connectivity index is 1.77. The molecule has 0 fully saturated rings. The predicted molar refractivity (Wildman–Crippen MR) is 111 cm³/mol. The van der Waals surface area contributed by atoms with Crippen LogP contribution >= 0.6 is 23.3 Å². The van der Waals surface area contributed by atoms with Crippen LogP contribution in [-0.4, -0.2) is 16.3 Å². The Morgan fingerprint density at radius 1 is 1.12 bits per heavy atom. The zero-order valence-corrected chi connectivity index (χ0v) is 16.2. The highest BCUT2D eigenvalue weighted by Crippen LogP contribution is 2.29. The first-order chi connectivity index (χ1) is 12.5. The van der Waals surface area contributed by atoms with Gasteiger partial charge in [-0.15, -0.1) is 0 Å². The van der Waals surface area contributed by atoms with E-state index in [0.717, 1.165) is 10.6 Å². The zero-order valence-electron chi connectivity index (χ0n) is 14.5. The average molecular weight is 385 g/mol. The van der Waals surface area contributed by atoms with E-state index < -0.39 is 0 Å². The molecule has 0 atom stereocenters. The van der Waals surface area contributed by atoms with E-state index in [2.05, 4.69) is 26.8 Å². The molecule has 26 heavy (non-hydrogen) atoms. The molecule has 0 aliphatic heterocycles. The van der Waals surface area contributed by atoms with E-state index >= 15 is 0 Å². The van der Waals surface area contributed by atoms with E-state index in [1.54, 1.807) is 11.8 Å². The zero-order chi connectivity index (χ0) is 18.5. The summed E-state index contributed by atoms with van der Waals surface area (Å²) in [5, 5.41) is 3.92. The third-order valence-corrected chi connectivity index (χ3v) is 5.26. The van der Waals surface area contributed by atoms with E-state index in [9.17, 15) is 4.79 Å². The van der Waals surface area contributed by atoms with Gasteiger partial charge in [0.15, 0.2) is 0 Å². The molecule has 0 bridgehead atoms. The lowest BCUT2D eigenvalue weighted by Gasteiger charge is -2.08. The minimum Gasteiger partial charge on any atom is -0.383 e. The highest BCUT2D eigenvalue weighted by molar-refractivity contribution is 7.99. The maximum atomic E-state index is 12.1. The number of hydrogen-bond donors (Lipinski definition) is 3. The van der Waals surface area contributed by atoms with Gasteiger partial charge in [0.25, 0.3) is 5.56 Å². The van der Waals surface area contributed by atoms with Crippen molar-refractivity contribution < 1.29 is 0 Å². The molecule has 0 aliphatic carbocycles. The molecule has 1 aromatic heterocycles. The number of amidine groups is 1. The molecule has 3 rings (SSSR count). The number of aliphatic imine (C=N–C) groups is 1. The molecule has 2 aromatic carbocycles. The van der Waals surface area contributed by atoms with Crippen LogP contribution in [0.4, 0.5) is 10.7 Å².